The van der Waals surface area contributed by atoms with Gasteiger partial charge in [0.05, 0.1) is 0 Å². The largest absolute Gasteiger partial charge is 0.299 e. The van der Waals surface area contributed by atoms with E-state index in [1.807, 2.05) is 0 Å². The summed E-state index contributed by atoms with van der Waals surface area (Å²) in [4.78, 5) is 2.55. The summed E-state index contributed by atoms with van der Waals surface area (Å²) in [6.45, 7) is 5.98. The van der Waals surface area contributed by atoms with E-state index >= 15 is 0 Å². The van der Waals surface area contributed by atoms with Crippen LogP contribution in [-0.2, 0) is 0 Å². The van der Waals surface area contributed by atoms with Crippen LogP contribution >= 0.6 is 0 Å². The molecule has 1 saturated heterocycles. The SMILES string of the molecule is CC1CCCN(CC=Cc2ccccc2)C1. The molecule has 1 fully saturated rings. The predicted molar refractivity (Wildman–Crippen MR) is 70.3 cm³/mol. The number of benzene rings is 1. The van der Waals surface area contributed by atoms with Gasteiger partial charge in [-0.15, -0.1) is 0 Å². The second-order valence-corrected chi connectivity index (χ2v) is 4.82. The van der Waals surface area contributed by atoms with E-state index < -0.39 is 0 Å². The third kappa shape index (κ3) is 3.49. The molecule has 1 aliphatic heterocycles. The van der Waals surface area contributed by atoms with E-state index in [4.69, 9.17) is 0 Å². The second-order valence-electron chi connectivity index (χ2n) is 4.82. The predicted octanol–water partition coefficient (Wildman–Crippen LogP) is 3.43. The molecule has 1 heteroatoms. The van der Waals surface area contributed by atoms with Crippen molar-refractivity contribution in [3.05, 3.63) is 42.0 Å². The van der Waals surface area contributed by atoms with Gasteiger partial charge < -0.3 is 0 Å². The fourth-order valence-electron chi connectivity index (χ4n) is 2.35. The van der Waals surface area contributed by atoms with Gasteiger partial charge in [-0.05, 0) is 30.9 Å². The van der Waals surface area contributed by atoms with Crippen molar-refractivity contribution in [2.45, 2.75) is 19.8 Å². The number of nitrogens with zero attached hydrogens (tertiary/aromatic N) is 1. The number of hydrogen-bond acceptors (Lipinski definition) is 1. The molecule has 1 aliphatic rings. The van der Waals surface area contributed by atoms with Crippen LogP contribution in [0.4, 0.5) is 0 Å². The van der Waals surface area contributed by atoms with E-state index in [2.05, 4.69) is 54.3 Å². The van der Waals surface area contributed by atoms with Gasteiger partial charge in [0.25, 0.3) is 0 Å². The van der Waals surface area contributed by atoms with Gasteiger partial charge in [-0.25, -0.2) is 0 Å². The van der Waals surface area contributed by atoms with Gasteiger partial charge in [-0.3, -0.25) is 4.90 Å². The van der Waals surface area contributed by atoms with Crippen LogP contribution < -0.4 is 0 Å². The summed E-state index contributed by atoms with van der Waals surface area (Å²) in [5.41, 5.74) is 1.30. The molecule has 0 bridgehead atoms. The van der Waals surface area contributed by atoms with Crippen LogP contribution in [0.15, 0.2) is 36.4 Å². The highest BCUT2D eigenvalue weighted by molar-refractivity contribution is 5.48. The van der Waals surface area contributed by atoms with Gasteiger partial charge in [0.15, 0.2) is 0 Å². The minimum Gasteiger partial charge on any atom is -0.299 e. The molecule has 1 atom stereocenters. The Morgan fingerprint density at radius 2 is 2.12 bits per heavy atom. The van der Waals surface area contributed by atoms with Crippen molar-refractivity contribution in [3.8, 4) is 0 Å². The zero-order chi connectivity index (χ0) is 11.2. The molecule has 1 heterocycles. The summed E-state index contributed by atoms with van der Waals surface area (Å²) >= 11 is 0. The topological polar surface area (TPSA) is 3.24 Å². The Labute approximate surface area is 98.8 Å². The van der Waals surface area contributed by atoms with Crippen LogP contribution in [0.3, 0.4) is 0 Å². The Morgan fingerprint density at radius 3 is 2.88 bits per heavy atom. The molecule has 1 unspecified atom stereocenters. The molecule has 1 nitrogen and oxygen atoms in total. The fourth-order valence-corrected chi connectivity index (χ4v) is 2.35. The summed E-state index contributed by atoms with van der Waals surface area (Å²) in [5, 5.41) is 0. The normalized spacial score (nSPS) is 22.7. The fraction of sp³-hybridized carbons (Fsp3) is 0.467. The van der Waals surface area contributed by atoms with Crippen LogP contribution in [0, 0.1) is 5.92 Å². The van der Waals surface area contributed by atoms with E-state index in [9.17, 15) is 0 Å². The highest BCUT2D eigenvalue weighted by Crippen LogP contribution is 2.15. The van der Waals surface area contributed by atoms with E-state index in [1.54, 1.807) is 0 Å². The van der Waals surface area contributed by atoms with Gasteiger partial charge >= 0.3 is 0 Å². The summed E-state index contributed by atoms with van der Waals surface area (Å²) < 4.78 is 0. The molecule has 0 aliphatic carbocycles. The minimum absolute atomic E-state index is 0.874. The molecule has 0 saturated carbocycles. The molecule has 16 heavy (non-hydrogen) atoms. The maximum Gasteiger partial charge on any atom is 0.0166 e. The molecular formula is C15H21N. The molecule has 0 N–H and O–H groups in total. The Balaban J connectivity index is 1.80. The third-order valence-electron chi connectivity index (χ3n) is 3.21. The summed E-state index contributed by atoms with van der Waals surface area (Å²) in [5.74, 6) is 0.874. The smallest absolute Gasteiger partial charge is 0.0166 e. The highest BCUT2D eigenvalue weighted by atomic mass is 15.1. The Morgan fingerprint density at radius 1 is 1.31 bits per heavy atom. The van der Waals surface area contributed by atoms with E-state index in [0.29, 0.717) is 0 Å². The van der Waals surface area contributed by atoms with Gasteiger partial charge in [-0.2, -0.15) is 0 Å². The van der Waals surface area contributed by atoms with Crippen molar-refractivity contribution in [2.24, 2.45) is 5.92 Å². The monoisotopic (exact) mass is 215 g/mol. The Bertz CT molecular complexity index is 329. The first-order valence-corrected chi connectivity index (χ1v) is 6.28. The summed E-state index contributed by atoms with van der Waals surface area (Å²) in [6, 6.07) is 10.5. The lowest BCUT2D eigenvalue weighted by molar-refractivity contribution is 0.202. The number of rotatable bonds is 3. The van der Waals surface area contributed by atoms with E-state index in [0.717, 1.165) is 12.5 Å². The lowest BCUT2D eigenvalue weighted by Crippen LogP contribution is -2.34. The summed E-state index contributed by atoms with van der Waals surface area (Å²) in [6.07, 6.45) is 7.27. The number of piperidine rings is 1. The number of hydrogen-bond donors (Lipinski definition) is 0. The lowest BCUT2D eigenvalue weighted by atomic mass is 10.0. The van der Waals surface area contributed by atoms with Crippen LogP contribution in [-0.4, -0.2) is 24.5 Å². The van der Waals surface area contributed by atoms with Crippen LogP contribution in [0.5, 0.6) is 0 Å². The van der Waals surface area contributed by atoms with Gasteiger partial charge in [0.1, 0.15) is 0 Å². The zero-order valence-corrected chi connectivity index (χ0v) is 10.1. The van der Waals surface area contributed by atoms with Gasteiger partial charge in [0.2, 0.25) is 0 Å². The van der Waals surface area contributed by atoms with Crippen molar-refractivity contribution in [3.63, 3.8) is 0 Å². The first-order chi connectivity index (χ1) is 7.84. The zero-order valence-electron chi connectivity index (χ0n) is 10.1. The minimum atomic E-state index is 0.874. The van der Waals surface area contributed by atoms with Gasteiger partial charge in [-0.1, -0.05) is 49.4 Å². The van der Waals surface area contributed by atoms with E-state index in [1.165, 1.54) is 31.5 Å². The van der Waals surface area contributed by atoms with Crippen LogP contribution in [0.25, 0.3) is 6.08 Å². The molecule has 1 aromatic carbocycles. The molecule has 0 spiro atoms. The standard InChI is InChI=1S/C15H21N/c1-14-7-5-11-16(13-14)12-6-10-15-8-3-2-4-9-15/h2-4,6,8-10,14H,5,7,11-13H2,1H3. The van der Waals surface area contributed by atoms with Crippen LogP contribution in [0.2, 0.25) is 0 Å². The van der Waals surface area contributed by atoms with E-state index in [-0.39, 0.29) is 0 Å². The molecule has 1 aromatic rings. The first-order valence-electron chi connectivity index (χ1n) is 6.28. The lowest BCUT2D eigenvalue weighted by Gasteiger charge is -2.29. The second kappa shape index (κ2) is 5.86. The highest BCUT2D eigenvalue weighted by Gasteiger charge is 2.14. The van der Waals surface area contributed by atoms with Crippen molar-refractivity contribution in [1.29, 1.82) is 0 Å². The summed E-state index contributed by atoms with van der Waals surface area (Å²) in [7, 11) is 0. The quantitative estimate of drug-likeness (QED) is 0.746. The maximum atomic E-state index is 2.55. The van der Waals surface area contributed by atoms with Crippen molar-refractivity contribution in [2.75, 3.05) is 19.6 Å². The van der Waals surface area contributed by atoms with Crippen LogP contribution in [0.1, 0.15) is 25.3 Å². The molecule has 0 amide bonds. The Kier molecular flexibility index (Phi) is 4.17. The average molecular weight is 215 g/mol. The van der Waals surface area contributed by atoms with Crippen molar-refractivity contribution < 1.29 is 0 Å². The Hall–Kier alpha value is -1.08. The molecule has 0 radical (unpaired) electrons. The molecule has 0 aromatic heterocycles. The average Bonchev–Trinajstić information content (AvgIpc) is 2.30. The molecule has 86 valence electrons. The van der Waals surface area contributed by atoms with Crippen molar-refractivity contribution >= 4 is 6.08 Å². The molecular weight excluding hydrogens is 194 g/mol. The van der Waals surface area contributed by atoms with Crippen molar-refractivity contribution in [1.82, 2.24) is 4.90 Å². The molecule has 2 rings (SSSR count). The third-order valence-corrected chi connectivity index (χ3v) is 3.21. The van der Waals surface area contributed by atoms with Gasteiger partial charge in [0, 0.05) is 13.1 Å². The first kappa shape index (κ1) is 11.4. The maximum absolute atomic E-state index is 2.55. The number of likely N-dealkylation sites (tertiary alicyclic amines) is 1.